The number of likely N-dealkylation sites (tertiary alicyclic amines) is 1. The summed E-state index contributed by atoms with van der Waals surface area (Å²) < 4.78 is 30.4. The van der Waals surface area contributed by atoms with Crippen molar-refractivity contribution in [2.45, 2.75) is 30.2 Å². The molecule has 5 nitrogen and oxygen atoms in total. The standard InChI is InChI=1S/C15H20BrNO4S/c1-21-15(18)14-4-2-3-9-17(14)10-11-22(19,20)13-7-5-12(16)6-8-13/h5-8,14H,2-4,9-11H2,1H3. The zero-order valence-electron chi connectivity index (χ0n) is 12.5. The Balaban J connectivity index is 2.03. The maximum absolute atomic E-state index is 12.4. The minimum Gasteiger partial charge on any atom is -0.468 e. The lowest BCUT2D eigenvalue weighted by molar-refractivity contribution is -0.148. The second-order valence-corrected chi connectivity index (χ2v) is 8.37. The van der Waals surface area contributed by atoms with E-state index in [4.69, 9.17) is 4.74 Å². The zero-order chi connectivity index (χ0) is 16.2. The van der Waals surface area contributed by atoms with Crippen LogP contribution in [0.1, 0.15) is 19.3 Å². The van der Waals surface area contributed by atoms with E-state index in [0.29, 0.717) is 11.4 Å². The Hall–Kier alpha value is -0.920. The molecule has 1 atom stereocenters. The van der Waals surface area contributed by atoms with Crippen LogP contribution in [0, 0.1) is 0 Å². The van der Waals surface area contributed by atoms with E-state index in [-0.39, 0.29) is 17.8 Å². The van der Waals surface area contributed by atoms with Crippen LogP contribution in [0.5, 0.6) is 0 Å². The second-order valence-electron chi connectivity index (χ2n) is 5.34. The summed E-state index contributed by atoms with van der Waals surface area (Å²) in [4.78, 5) is 14.0. The zero-order valence-corrected chi connectivity index (χ0v) is 14.9. The minimum absolute atomic E-state index is 0.00211. The molecule has 22 heavy (non-hydrogen) atoms. The predicted octanol–water partition coefficient (Wildman–Crippen LogP) is 2.25. The first-order chi connectivity index (χ1) is 10.4. The fourth-order valence-electron chi connectivity index (χ4n) is 2.66. The molecule has 1 unspecified atom stereocenters. The van der Waals surface area contributed by atoms with Crippen LogP contribution in [0.2, 0.25) is 0 Å². The number of sulfone groups is 1. The van der Waals surface area contributed by atoms with Gasteiger partial charge in [0, 0.05) is 11.0 Å². The van der Waals surface area contributed by atoms with E-state index in [1.165, 1.54) is 7.11 Å². The van der Waals surface area contributed by atoms with Crippen LogP contribution in [0.3, 0.4) is 0 Å². The van der Waals surface area contributed by atoms with Gasteiger partial charge in [-0.3, -0.25) is 9.69 Å². The highest BCUT2D eigenvalue weighted by Crippen LogP contribution is 2.20. The van der Waals surface area contributed by atoms with Gasteiger partial charge in [-0.05, 0) is 43.7 Å². The SMILES string of the molecule is COC(=O)C1CCCCN1CCS(=O)(=O)c1ccc(Br)cc1. The molecule has 0 aromatic heterocycles. The maximum atomic E-state index is 12.4. The van der Waals surface area contributed by atoms with Crippen molar-refractivity contribution in [3.8, 4) is 0 Å². The molecule has 0 radical (unpaired) electrons. The summed E-state index contributed by atoms with van der Waals surface area (Å²) >= 11 is 3.29. The fraction of sp³-hybridized carbons (Fsp3) is 0.533. The fourth-order valence-corrected chi connectivity index (χ4v) is 4.18. The first-order valence-corrected chi connectivity index (χ1v) is 9.69. The molecule has 0 saturated carbocycles. The number of methoxy groups -OCH3 is 1. The van der Waals surface area contributed by atoms with Crippen molar-refractivity contribution in [3.05, 3.63) is 28.7 Å². The number of benzene rings is 1. The molecule has 1 fully saturated rings. The number of hydrogen-bond acceptors (Lipinski definition) is 5. The average molecular weight is 390 g/mol. The Morgan fingerprint density at radius 1 is 1.32 bits per heavy atom. The van der Waals surface area contributed by atoms with E-state index in [1.807, 2.05) is 4.90 Å². The number of hydrogen-bond donors (Lipinski definition) is 0. The Kier molecular flexibility index (Phi) is 6.00. The van der Waals surface area contributed by atoms with Crippen LogP contribution in [-0.2, 0) is 19.4 Å². The molecule has 0 aliphatic carbocycles. The molecule has 2 rings (SSSR count). The number of piperidine rings is 1. The maximum Gasteiger partial charge on any atom is 0.323 e. The summed E-state index contributed by atoms with van der Waals surface area (Å²) in [6.07, 6.45) is 2.67. The van der Waals surface area contributed by atoms with Gasteiger partial charge in [-0.15, -0.1) is 0 Å². The number of halogens is 1. The van der Waals surface area contributed by atoms with E-state index in [0.717, 1.165) is 30.3 Å². The lowest BCUT2D eigenvalue weighted by atomic mass is 10.0. The number of nitrogens with zero attached hydrogens (tertiary/aromatic N) is 1. The molecule has 1 aliphatic rings. The monoisotopic (exact) mass is 389 g/mol. The molecule has 1 saturated heterocycles. The molecule has 1 heterocycles. The van der Waals surface area contributed by atoms with Crippen molar-refractivity contribution in [2.75, 3.05) is 26.0 Å². The van der Waals surface area contributed by atoms with Gasteiger partial charge in [0.15, 0.2) is 9.84 Å². The van der Waals surface area contributed by atoms with Crippen LogP contribution in [0.15, 0.2) is 33.6 Å². The van der Waals surface area contributed by atoms with E-state index in [1.54, 1.807) is 24.3 Å². The van der Waals surface area contributed by atoms with Gasteiger partial charge in [0.1, 0.15) is 6.04 Å². The number of carbonyl (C=O) groups is 1. The Morgan fingerprint density at radius 3 is 2.64 bits per heavy atom. The summed E-state index contributed by atoms with van der Waals surface area (Å²) in [5, 5.41) is 0. The third kappa shape index (κ3) is 4.30. The molecule has 0 spiro atoms. The van der Waals surface area contributed by atoms with Gasteiger partial charge in [0.05, 0.1) is 17.8 Å². The van der Waals surface area contributed by atoms with Crippen LogP contribution >= 0.6 is 15.9 Å². The average Bonchev–Trinajstić information content (AvgIpc) is 2.53. The first-order valence-electron chi connectivity index (χ1n) is 7.24. The highest BCUT2D eigenvalue weighted by Gasteiger charge is 2.30. The topological polar surface area (TPSA) is 63.7 Å². The Bertz CT molecular complexity index is 615. The normalized spacial score (nSPS) is 19.8. The van der Waals surface area contributed by atoms with Gasteiger partial charge in [-0.1, -0.05) is 22.4 Å². The van der Waals surface area contributed by atoms with E-state index in [2.05, 4.69) is 15.9 Å². The molecule has 122 valence electrons. The molecular weight excluding hydrogens is 370 g/mol. The number of ether oxygens (including phenoxy) is 1. The lowest BCUT2D eigenvalue weighted by Crippen LogP contribution is -2.47. The number of esters is 1. The van der Waals surface area contributed by atoms with Gasteiger partial charge in [0.2, 0.25) is 0 Å². The molecule has 0 bridgehead atoms. The van der Waals surface area contributed by atoms with Gasteiger partial charge in [-0.25, -0.2) is 8.42 Å². The van der Waals surface area contributed by atoms with Crippen LogP contribution in [0.25, 0.3) is 0 Å². The van der Waals surface area contributed by atoms with Gasteiger partial charge in [-0.2, -0.15) is 0 Å². The summed E-state index contributed by atoms with van der Waals surface area (Å²) in [6.45, 7) is 1.08. The van der Waals surface area contributed by atoms with Crippen LogP contribution in [0.4, 0.5) is 0 Å². The van der Waals surface area contributed by atoms with Crippen LogP contribution < -0.4 is 0 Å². The van der Waals surface area contributed by atoms with Crippen molar-refractivity contribution in [1.82, 2.24) is 4.90 Å². The highest BCUT2D eigenvalue weighted by molar-refractivity contribution is 9.10. The van der Waals surface area contributed by atoms with Gasteiger partial charge >= 0.3 is 5.97 Å². The second kappa shape index (κ2) is 7.57. The summed E-state index contributed by atoms with van der Waals surface area (Å²) in [7, 11) is -1.98. The van der Waals surface area contributed by atoms with E-state index in [9.17, 15) is 13.2 Å². The quantitative estimate of drug-likeness (QED) is 0.722. The lowest BCUT2D eigenvalue weighted by Gasteiger charge is -2.33. The molecular formula is C15H20BrNO4S. The molecule has 1 aromatic carbocycles. The Morgan fingerprint density at radius 2 is 2.00 bits per heavy atom. The molecule has 1 aromatic rings. The Labute approximate surface area is 139 Å². The minimum atomic E-state index is -3.35. The smallest absolute Gasteiger partial charge is 0.323 e. The van der Waals surface area contributed by atoms with Crippen LogP contribution in [-0.4, -0.2) is 51.3 Å². The molecule has 7 heteroatoms. The largest absolute Gasteiger partial charge is 0.468 e. The van der Waals surface area contributed by atoms with Crippen molar-refractivity contribution in [1.29, 1.82) is 0 Å². The third-order valence-corrected chi connectivity index (χ3v) is 6.15. The van der Waals surface area contributed by atoms with Crippen molar-refractivity contribution >= 4 is 31.7 Å². The van der Waals surface area contributed by atoms with Crippen molar-refractivity contribution < 1.29 is 17.9 Å². The first kappa shape index (κ1) is 17.4. The van der Waals surface area contributed by atoms with Gasteiger partial charge < -0.3 is 4.74 Å². The van der Waals surface area contributed by atoms with E-state index < -0.39 is 9.84 Å². The summed E-state index contributed by atoms with van der Waals surface area (Å²) in [5.41, 5.74) is 0. The predicted molar refractivity (Wildman–Crippen MR) is 87.4 cm³/mol. The number of carbonyl (C=O) groups excluding carboxylic acids is 1. The highest BCUT2D eigenvalue weighted by atomic mass is 79.9. The molecule has 1 aliphatic heterocycles. The van der Waals surface area contributed by atoms with Crippen molar-refractivity contribution in [3.63, 3.8) is 0 Å². The summed E-state index contributed by atoms with van der Waals surface area (Å²) in [6, 6.07) is 6.29. The number of rotatable bonds is 5. The van der Waals surface area contributed by atoms with Gasteiger partial charge in [0.25, 0.3) is 0 Å². The molecule has 0 N–H and O–H groups in total. The summed E-state index contributed by atoms with van der Waals surface area (Å²) in [5.74, 6) is -0.275. The third-order valence-electron chi connectivity index (χ3n) is 3.91. The molecule has 0 amide bonds. The van der Waals surface area contributed by atoms with E-state index >= 15 is 0 Å². The van der Waals surface area contributed by atoms with Crippen molar-refractivity contribution in [2.24, 2.45) is 0 Å².